The molecule has 3 aliphatic rings. The minimum atomic E-state index is -0.501. The summed E-state index contributed by atoms with van der Waals surface area (Å²) >= 11 is 14.4. The van der Waals surface area contributed by atoms with Crippen LogP contribution in [-0.2, 0) is 24.0 Å². The molecule has 0 aliphatic heterocycles. The summed E-state index contributed by atoms with van der Waals surface area (Å²) in [6.45, 7) is 15.1. The van der Waals surface area contributed by atoms with Crippen LogP contribution in [0.5, 0.6) is 0 Å². The predicted octanol–water partition coefficient (Wildman–Crippen LogP) is 14.2. The fourth-order valence-electron chi connectivity index (χ4n) is 8.51. The van der Waals surface area contributed by atoms with Crippen LogP contribution < -0.4 is 38.1 Å². The van der Waals surface area contributed by atoms with Gasteiger partial charge in [0.05, 0.1) is 5.34 Å². The second-order valence-electron chi connectivity index (χ2n) is 17.8. The van der Waals surface area contributed by atoms with E-state index < -0.39 is 11.7 Å². The highest BCUT2D eigenvalue weighted by atomic mass is 35.5. The lowest BCUT2D eigenvalue weighted by Crippen LogP contribution is -2.27. The molecule has 0 bridgehead atoms. The second kappa shape index (κ2) is 23.7. The van der Waals surface area contributed by atoms with Crippen molar-refractivity contribution in [3.63, 3.8) is 0 Å². The predicted molar refractivity (Wildman–Crippen MR) is 292 cm³/mol. The molecule has 0 atom stereocenters. The molecule has 0 spiro atoms. The molecule has 9 nitrogen and oxygen atoms in total. The molecule has 1 amide bonds. The lowest BCUT2D eigenvalue weighted by molar-refractivity contribution is 0.0636. The summed E-state index contributed by atoms with van der Waals surface area (Å²) in [5.41, 5.74) is 32.9. The summed E-state index contributed by atoms with van der Waals surface area (Å²) in [6.07, 6.45) is 5.80. The summed E-state index contributed by atoms with van der Waals surface area (Å²) < 4.78 is 5.32. The van der Waals surface area contributed by atoms with Gasteiger partial charge in [-0.1, -0.05) is 57.2 Å². The van der Waals surface area contributed by atoms with Crippen LogP contribution in [0, 0.1) is 0 Å². The van der Waals surface area contributed by atoms with Crippen LogP contribution in [-0.4, -0.2) is 41.8 Å². The molecule has 352 valence electrons. The number of hydrogen-bond acceptors (Lipinski definition) is 7. The van der Waals surface area contributed by atoms with E-state index in [0.29, 0.717) is 5.11 Å². The number of fused-ring (bicyclic) bond motifs is 9. The van der Waals surface area contributed by atoms with Gasteiger partial charge >= 0.3 is 6.09 Å². The van der Waals surface area contributed by atoms with Gasteiger partial charge in [0.1, 0.15) is 5.60 Å². The molecule has 9 rings (SSSR count). The minimum absolute atomic E-state index is 0.194. The SMILES string of the molecule is CCCNc1ccc2c(c1)Cc1cc(N)ccc1-2.CCCNc1ccc2c(c1)Cc1cc(NC(=O)OC(C)(C)C)ccc1-2.CCCNc1ccc2c(c1)Cc1cc(NC(N)=S)ccc1-2.ClCCl. The molecule has 0 aromatic heterocycles. The van der Waals surface area contributed by atoms with Crippen molar-refractivity contribution in [2.75, 3.05) is 57.3 Å². The number of halogens is 2. The quantitative estimate of drug-likeness (QED) is 0.0384. The summed E-state index contributed by atoms with van der Waals surface area (Å²) in [5.74, 6) is 0. The van der Waals surface area contributed by atoms with Crippen molar-refractivity contribution in [3.05, 3.63) is 143 Å². The number of nitrogens with one attached hydrogen (secondary N) is 5. The lowest BCUT2D eigenvalue weighted by Gasteiger charge is -2.19. The van der Waals surface area contributed by atoms with E-state index in [1.54, 1.807) is 0 Å². The zero-order valence-corrected chi connectivity index (χ0v) is 41.9. The monoisotopic (exact) mass is 957 g/mol. The Labute approximate surface area is 412 Å². The molecule has 9 N–H and O–H groups in total. The number of benzene rings is 6. The van der Waals surface area contributed by atoms with Gasteiger partial charge in [-0.3, -0.25) is 5.32 Å². The van der Waals surface area contributed by atoms with Gasteiger partial charge in [0.15, 0.2) is 5.11 Å². The zero-order chi connectivity index (χ0) is 48.1. The van der Waals surface area contributed by atoms with Crippen molar-refractivity contribution in [2.45, 2.75) is 85.7 Å². The van der Waals surface area contributed by atoms with Gasteiger partial charge in [-0.05, 0) is 211 Å². The van der Waals surface area contributed by atoms with Crippen LogP contribution in [0.2, 0.25) is 0 Å². The fraction of sp³-hybridized carbons (Fsp3) is 0.309. The molecule has 12 heteroatoms. The normalized spacial score (nSPS) is 11.8. The van der Waals surface area contributed by atoms with Crippen LogP contribution in [0.4, 0.5) is 38.9 Å². The van der Waals surface area contributed by atoms with Gasteiger partial charge < -0.3 is 37.5 Å². The van der Waals surface area contributed by atoms with Gasteiger partial charge in [-0.15, -0.1) is 23.2 Å². The van der Waals surface area contributed by atoms with Gasteiger partial charge in [-0.25, -0.2) is 4.79 Å². The van der Waals surface area contributed by atoms with Crippen LogP contribution in [0.3, 0.4) is 0 Å². The molecule has 0 radical (unpaired) electrons. The molecule has 67 heavy (non-hydrogen) atoms. The van der Waals surface area contributed by atoms with Crippen LogP contribution in [0.25, 0.3) is 33.4 Å². The largest absolute Gasteiger partial charge is 0.444 e. The van der Waals surface area contributed by atoms with E-state index in [2.05, 4.69) is 132 Å². The number of amides is 1. The molecule has 0 saturated carbocycles. The Morgan fingerprint density at radius 1 is 0.537 bits per heavy atom. The maximum absolute atomic E-state index is 11.9. The molecule has 6 aromatic rings. The van der Waals surface area contributed by atoms with Crippen LogP contribution in [0.1, 0.15) is 94.2 Å². The van der Waals surface area contributed by atoms with Crippen molar-refractivity contribution in [3.8, 4) is 33.4 Å². The van der Waals surface area contributed by atoms with Gasteiger partial charge in [0.2, 0.25) is 0 Å². The Hall–Kier alpha value is -5.94. The number of anilines is 6. The number of thiocarbonyl (C=S) groups is 1. The average Bonchev–Trinajstić information content (AvgIpc) is 3.95. The highest BCUT2D eigenvalue weighted by Crippen LogP contribution is 2.41. The minimum Gasteiger partial charge on any atom is -0.444 e. The highest BCUT2D eigenvalue weighted by molar-refractivity contribution is 7.80. The summed E-state index contributed by atoms with van der Waals surface area (Å²) in [6, 6.07) is 38.4. The summed E-state index contributed by atoms with van der Waals surface area (Å²) in [5, 5.41) is 16.6. The third kappa shape index (κ3) is 13.8. The number of rotatable bonds is 11. The fourth-order valence-corrected chi connectivity index (χ4v) is 8.63. The van der Waals surface area contributed by atoms with E-state index >= 15 is 0 Å². The van der Waals surface area contributed by atoms with Crippen molar-refractivity contribution < 1.29 is 9.53 Å². The summed E-state index contributed by atoms with van der Waals surface area (Å²) in [7, 11) is 0. The van der Waals surface area contributed by atoms with E-state index in [0.717, 1.165) is 75.2 Å². The first kappa shape index (κ1) is 50.5. The number of nitrogen functional groups attached to an aromatic ring is 1. The first-order chi connectivity index (χ1) is 32.2. The van der Waals surface area contributed by atoms with Crippen molar-refractivity contribution >= 4 is 80.7 Å². The maximum atomic E-state index is 11.9. The lowest BCUT2D eigenvalue weighted by atomic mass is 10.1. The number of carbonyl (C=O) groups is 1. The van der Waals surface area contributed by atoms with Gasteiger partial charge in [0.25, 0.3) is 0 Å². The average molecular weight is 959 g/mol. The van der Waals surface area contributed by atoms with E-state index in [9.17, 15) is 4.79 Å². The smallest absolute Gasteiger partial charge is 0.412 e. The molecule has 0 heterocycles. The first-order valence-electron chi connectivity index (χ1n) is 23.2. The molecule has 0 unspecified atom stereocenters. The number of alkyl halides is 2. The Bertz CT molecular complexity index is 2680. The van der Waals surface area contributed by atoms with Crippen LogP contribution >= 0.6 is 35.4 Å². The Kier molecular flexibility index (Phi) is 17.8. The van der Waals surface area contributed by atoms with Crippen molar-refractivity contribution in [2.24, 2.45) is 5.73 Å². The number of ether oxygens (including phenoxy) is 1. The summed E-state index contributed by atoms with van der Waals surface area (Å²) in [4.78, 5) is 11.9. The Balaban J connectivity index is 0.000000163. The van der Waals surface area contributed by atoms with E-state index in [1.807, 2.05) is 45.0 Å². The Morgan fingerprint density at radius 3 is 1.16 bits per heavy atom. The van der Waals surface area contributed by atoms with Crippen molar-refractivity contribution in [1.29, 1.82) is 0 Å². The number of carbonyl (C=O) groups excluding carboxylic acids is 1. The van der Waals surface area contributed by atoms with E-state index in [1.165, 1.54) is 83.8 Å². The molecule has 0 saturated heterocycles. The zero-order valence-electron chi connectivity index (χ0n) is 39.6. The molecular formula is C55H65Cl2N7O2S. The van der Waals surface area contributed by atoms with Crippen molar-refractivity contribution in [1.82, 2.24) is 0 Å². The molecule has 6 aromatic carbocycles. The maximum Gasteiger partial charge on any atom is 0.412 e. The second-order valence-corrected chi connectivity index (χ2v) is 19.1. The first-order valence-corrected chi connectivity index (χ1v) is 24.6. The van der Waals surface area contributed by atoms with E-state index in [-0.39, 0.29) is 5.34 Å². The van der Waals surface area contributed by atoms with E-state index in [4.69, 9.17) is 51.6 Å². The third-order valence-corrected chi connectivity index (χ3v) is 11.4. The number of nitrogens with two attached hydrogens (primary N) is 2. The Morgan fingerprint density at radius 2 is 0.836 bits per heavy atom. The topological polar surface area (TPSA) is 138 Å². The third-order valence-electron chi connectivity index (χ3n) is 11.3. The van der Waals surface area contributed by atoms with Gasteiger partial charge in [0, 0.05) is 53.8 Å². The molecule has 0 fully saturated rings. The highest BCUT2D eigenvalue weighted by Gasteiger charge is 2.22. The van der Waals surface area contributed by atoms with Gasteiger partial charge in [-0.2, -0.15) is 0 Å². The molecule has 3 aliphatic carbocycles. The molecular weight excluding hydrogens is 894 g/mol. The standard InChI is InChI=1S/C21H26N2O2.C17H19N3S.C16H18N2.CH2Cl2/c1-5-10-22-16-6-8-18-14(12-16)11-15-13-17(7-9-19(15)18)23-20(24)25-21(2,3)4;1-2-7-19-13-3-5-15-11(9-13)8-12-10-14(20-17(18)21)4-6-16(12)15;1-2-7-18-14-4-6-16-12(10-14)8-11-9-13(17)3-5-15(11)16;2-1-3/h6-9,12-13,22H,5,10-11H2,1-4H3,(H,23,24);3-6,9-10,19H,2,7-8H2,1H3,(H3,18,20,21);3-6,9-10,18H,2,7-8,17H2,1H3;1H2. The number of hydrogen-bond donors (Lipinski definition) is 7. The van der Waals surface area contributed by atoms with Crippen LogP contribution in [0.15, 0.2) is 109 Å².